The van der Waals surface area contributed by atoms with E-state index < -0.39 is 10.0 Å². The predicted molar refractivity (Wildman–Crippen MR) is 73.0 cm³/mol. The molecule has 0 aliphatic heterocycles. The highest BCUT2D eigenvalue weighted by Crippen LogP contribution is 2.18. The Balaban J connectivity index is 2.21. The number of nitrogens with zero attached hydrogens (tertiary/aromatic N) is 1. The summed E-state index contributed by atoms with van der Waals surface area (Å²) in [6.45, 7) is 3.67. The minimum atomic E-state index is -3.07. The molecule has 0 bridgehead atoms. The van der Waals surface area contributed by atoms with E-state index >= 15 is 0 Å². The van der Waals surface area contributed by atoms with Gasteiger partial charge in [0.25, 0.3) is 0 Å². The second-order valence-electron chi connectivity index (χ2n) is 5.02. The van der Waals surface area contributed by atoms with Gasteiger partial charge in [-0.05, 0) is 25.8 Å². The Bertz CT molecular complexity index is 332. The van der Waals surface area contributed by atoms with Gasteiger partial charge in [-0.2, -0.15) is 0 Å². The van der Waals surface area contributed by atoms with E-state index in [-0.39, 0.29) is 12.1 Å². The second-order valence-corrected chi connectivity index (χ2v) is 7.00. The van der Waals surface area contributed by atoms with E-state index in [1.807, 2.05) is 6.92 Å². The van der Waals surface area contributed by atoms with Crippen LogP contribution in [0.25, 0.3) is 0 Å². The van der Waals surface area contributed by atoms with Crippen LogP contribution in [0.3, 0.4) is 0 Å². The van der Waals surface area contributed by atoms with Crippen molar-refractivity contribution in [2.45, 2.75) is 51.2 Å². The zero-order valence-corrected chi connectivity index (χ0v) is 12.2. The molecule has 1 saturated carbocycles. The SMILES string of the molecule is CCN(CCCN[C@H]1CCCC[C@@H]1O)S(C)(=O)=O. The first-order valence-corrected chi connectivity index (χ1v) is 8.66. The van der Waals surface area contributed by atoms with E-state index in [2.05, 4.69) is 5.32 Å². The summed E-state index contributed by atoms with van der Waals surface area (Å²) in [6, 6.07) is 0.187. The molecule has 2 atom stereocenters. The first-order valence-electron chi connectivity index (χ1n) is 6.81. The third-order valence-electron chi connectivity index (χ3n) is 3.54. The van der Waals surface area contributed by atoms with Gasteiger partial charge in [0.2, 0.25) is 10.0 Å². The van der Waals surface area contributed by atoms with Gasteiger partial charge in [0.1, 0.15) is 0 Å². The number of aliphatic hydroxyl groups is 1. The molecule has 5 nitrogen and oxygen atoms in total. The largest absolute Gasteiger partial charge is 0.392 e. The van der Waals surface area contributed by atoms with E-state index in [1.165, 1.54) is 17.0 Å². The van der Waals surface area contributed by atoms with E-state index in [9.17, 15) is 13.5 Å². The standard InChI is InChI=1S/C12H26N2O3S/c1-3-14(18(2,16)17)10-6-9-13-11-7-4-5-8-12(11)15/h11-13,15H,3-10H2,1-2H3/t11-,12-/m0/s1. The summed E-state index contributed by atoms with van der Waals surface area (Å²) in [5.41, 5.74) is 0. The van der Waals surface area contributed by atoms with Crippen LogP contribution in [0.15, 0.2) is 0 Å². The molecule has 0 amide bonds. The molecule has 0 aromatic carbocycles. The minimum absolute atomic E-state index is 0.187. The van der Waals surface area contributed by atoms with Crippen molar-refractivity contribution < 1.29 is 13.5 Å². The Morgan fingerprint density at radius 1 is 1.33 bits per heavy atom. The molecule has 0 heterocycles. The van der Waals surface area contributed by atoms with Gasteiger partial charge in [-0.1, -0.05) is 19.8 Å². The van der Waals surface area contributed by atoms with Crippen LogP contribution in [0.4, 0.5) is 0 Å². The number of hydrogen-bond acceptors (Lipinski definition) is 4. The molecule has 0 spiro atoms. The summed E-state index contributed by atoms with van der Waals surface area (Å²) in [5.74, 6) is 0. The van der Waals surface area contributed by atoms with Gasteiger partial charge in [-0.3, -0.25) is 0 Å². The fourth-order valence-corrected chi connectivity index (χ4v) is 3.38. The first kappa shape index (κ1) is 15.9. The predicted octanol–water partition coefficient (Wildman–Crippen LogP) is 0.551. The number of nitrogens with one attached hydrogen (secondary N) is 1. The fraction of sp³-hybridized carbons (Fsp3) is 1.00. The highest BCUT2D eigenvalue weighted by atomic mass is 32.2. The molecule has 0 saturated heterocycles. The third kappa shape index (κ3) is 5.22. The van der Waals surface area contributed by atoms with E-state index in [0.29, 0.717) is 13.1 Å². The van der Waals surface area contributed by atoms with Gasteiger partial charge in [0.15, 0.2) is 0 Å². The van der Waals surface area contributed by atoms with E-state index in [0.717, 1.165) is 32.2 Å². The summed E-state index contributed by atoms with van der Waals surface area (Å²) in [5, 5.41) is 13.1. The molecule has 1 fully saturated rings. The fourth-order valence-electron chi connectivity index (χ4n) is 2.45. The number of sulfonamides is 1. The van der Waals surface area contributed by atoms with Crippen molar-refractivity contribution >= 4 is 10.0 Å². The molecule has 0 radical (unpaired) electrons. The number of rotatable bonds is 7. The number of hydrogen-bond donors (Lipinski definition) is 2. The molecule has 0 aromatic rings. The van der Waals surface area contributed by atoms with Crippen molar-refractivity contribution in [2.75, 3.05) is 25.9 Å². The minimum Gasteiger partial charge on any atom is -0.392 e. The van der Waals surface area contributed by atoms with Crippen molar-refractivity contribution in [3.05, 3.63) is 0 Å². The monoisotopic (exact) mass is 278 g/mol. The van der Waals surface area contributed by atoms with Crippen molar-refractivity contribution in [3.63, 3.8) is 0 Å². The summed E-state index contributed by atoms with van der Waals surface area (Å²) in [7, 11) is -3.07. The molecular formula is C12H26N2O3S. The van der Waals surface area contributed by atoms with Crippen molar-refractivity contribution in [3.8, 4) is 0 Å². The Hall–Kier alpha value is -0.170. The van der Waals surface area contributed by atoms with Crippen LogP contribution in [0, 0.1) is 0 Å². The highest BCUT2D eigenvalue weighted by Gasteiger charge is 2.22. The van der Waals surface area contributed by atoms with Gasteiger partial charge in [-0.25, -0.2) is 12.7 Å². The molecule has 1 aliphatic carbocycles. The molecule has 1 aliphatic rings. The van der Waals surface area contributed by atoms with Gasteiger partial charge in [0.05, 0.1) is 12.4 Å². The molecule has 0 unspecified atom stereocenters. The molecule has 18 heavy (non-hydrogen) atoms. The average Bonchev–Trinajstić information content (AvgIpc) is 2.29. The maximum Gasteiger partial charge on any atom is 0.211 e. The first-order chi connectivity index (χ1) is 8.45. The van der Waals surface area contributed by atoms with E-state index in [4.69, 9.17) is 0 Å². The van der Waals surface area contributed by atoms with Crippen molar-refractivity contribution in [2.24, 2.45) is 0 Å². The lowest BCUT2D eigenvalue weighted by molar-refractivity contribution is 0.0908. The lowest BCUT2D eigenvalue weighted by Crippen LogP contribution is -2.43. The Kier molecular flexibility index (Phi) is 6.55. The molecular weight excluding hydrogens is 252 g/mol. The van der Waals surface area contributed by atoms with Crippen molar-refractivity contribution in [1.29, 1.82) is 0 Å². The van der Waals surface area contributed by atoms with Crippen LogP contribution in [-0.2, 0) is 10.0 Å². The van der Waals surface area contributed by atoms with Crippen LogP contribution in [0.2, 0.25) is 0 Å². The van der Waals surface area contributed by atoms with Gasteiger partial charge < -0.3 is 10.4 Å². The normalized spacial score (nSPS) is 25.6. The second kappa shape index (κ2) is 7.43. The summed E-state index contributed by atoms with van der Waals surface area (Å²) >= 11 is 0. The molecule has 6 heteroatoms. The average molecular weight is 278 g/mol. The summed E-state index contributed by atoms with van der Waals surface area (Å²) < 4.78 is 24.2. The molecule has 1 rings (SSSR count). The zero-order chi connectivity index (χ0) is 13.6. The maximum absolute atomic E-state index is 11.4. The molecule has 2 N–H and O–H groups in total. The lowest BCUT2D eigenvalue weighted by Gasteiger charge is -2.28. The summed E-state index contributed by atoms with van der Waals surface area (Å²) in [6.07, 6.45) is 5.96. The van der Waals surface area contributed by atoms with Crippen LogP contribution >= 0.6 is 0 Å². The van der Waals surface area contributed by atoms with Crippen LogP contribution in [0.1, 0.15) is 39.0 Å². The maximum atomic E-state index is 11.4. The number of aliphatic hydroxyl groups excluding tert-OH is 1. The quantitative estimate of drug-likeness (QED) is 0.667. The highest BCUT2D eigenvalue weighted by molar-refractivity contribution is 7.88. The van der Waals surface area contributed by atoms with Crippen LogP contribution in [0.5, 0.6) is 0 Å². The van der Waals surface area contributed by atoms with Gasteiger partial charge in [0, 0.05) is 19.1 Å². The van der Waals surface area contributed by atoms with Gasteiger partial charge >= 0.3 is 0 Å². The Morgan fingerprint density at radius 2 is 2.00 bits per heavy atom. The topological polar surface area (TPSA) is 69.6 Å². The van der Waals surface area contributed by atoms with Crippen molar-refractivity contribution in [1.82, 2.24) is 9.62 Å². The van der Waals surface area contributed by atoms with Gasteiger partial charge in [-0.15, -0.1) is 0 Å². The Morgan fingerprint density at radius 3 is 2.56 bits per heavy atom. The molecule has 0 aromatic heterocycles. The van der Waals surface area contributed by atoms with Crippen LogP contribution < -0.4 is 5.32 Å². The smallest absolute Gasteiger partial charge is 0.211 e. The lowest BCUT2D eigenvalue weighted by atomic mass is 9.92. The third-order valence-corrected chi connectivity index (χ3v) is 4.92. The van der Waals surface area contributed by atoms with Crippen LogP contribution in [-0.4, -0.2) is 55.9 Å². The van der Waals surface area contributed by atoms with E-state index in [1.54, 1.807) is 0 Å². The Labute approximate surface area is 111 Å². The zero-order valence-electron chi connectivity index (χ0n) is 11.4. The summed E-state index contributed by atoms with van der Waals surface area (Å²) in [4.78, 5) is 0. The molecule has 108 valence electrons.